The molecule has 1 heterocycles. The highest BCUT2D eigenvalue weighted by Crippen LogP contribution is 2.10. The van der Waals surface area contributed by atoms with Gasteiger partial charge in [0.1, 0.15) is 0 Å². The fourth-order valence-electron chi connectivity index (χ4n) is 2.24. The molecule has 1 unspecified atom stereocenters. The average Bonchev–Trinajstić information content (AvgIpc) is 2.91. The van der Waals surface area contributed by atoms with Crippen molar-refractivity contribution < 1.29 is 4.79 Å². The molecular weight excluding hydrogens is 399 g/mol. The number of aliphatic imine (C=N–C) groups is 1. The summed E-state index contributed by atoms with van der Waals surface area (Å²) in [5.74, 6) is 2.27. The van der Waals surface area contributed by atoms with E-state index in [0.717, 1.165) is 50.7 Å². The smallest absolute Gasteiger partial charge is 0.222 e. The fourth-order valence-corrected chi connectivity index (χ4v) is 2.66. The predicted molar refractivity (Wildman–Crippen MR) is 103 cm³/mol. The van der Waals surface area contributed by atoms with Crippen LogP contribution in [-0.2, 0) is 4.79 Å². The van der Waals surface area contributed by atoms with Crippen molar-refractivity contribution in [1.82, 2.24) is 15.5 Å². The maximum Gasteiger partial charge on any atom is 0.222 e. The molecule has 0 aromatic rings. The van der Waals surface area contributed by atoms with Gasteiger partial charge >= 0.3 is 0 Å². The molecule has 1 aliphatic rings. The summed E-state index contributed by atoms with van der Waals surface area (Å²) in [5, 5.41) is 6.71. The molecule has 5 nitrogen and oxygen atoms in total. The molecule has 0 spiro atoms. The zero-order valence-corrected chi connectivity index (χ0v) is 16.5. The lowest BCUT2D eigenvalue weighted by molar-refractivity contribution is -0.129. The molecule has 0 radical (unpaired) electrons. The third kappa shape index (κ3) is 8.13. The zero-order chi connectivity index (χ0) is 14.8. The van der Waals surface area contributed by atoms with E-state index in [4.69, 9.17) is 0 Å². The van der Waals surface area contributed by atoms with Gasteiger partial charge in [-0.3, -0.25) is 9.79 Å². The Morgan fingerprint density at radius 1 is 1.43 bits per heavy atom. The molecule has 0 aromatic heterocycles. The van der Waals surface area contributed by atoms with Crippen LogP contribution in [0.1, 0.15) is 33.1 Å². The Morgan fingerprint density at radius 2 is 2.19 bits per heavy atom. The van der Waals surface area contributed by atoms with Crippen molar-refractivity contribution in [2.45, 2.75) is 39.2 Å². The highest BCUT2D eigenvalue weighted by atomic mass is 127. The third-order valence-electron chi connectivity index (χ3n) is 3.30. The van der Waals surface area contributed by atoms with Crippen molar-refractivity contribution in [3.8, 4) is 0 Å². The Kier molecular flexibility index (Phi) is 12.3. The second kappa shape index (κ2) is 12.4. The molecule has 1 atom stereocenters. The van der Waals surface area contributed by atoms with Crippen LogP contribution in [0.5, 0.6) is 0 Å². The predicted octanol–water partition coefficient (Wildman–Crippen LogP) is 1.92. The summed E-state index contributed by atoms with van der Waals surface area (Å²) < 4.78 is 0. The lowest BCUT2D eigenvalue weighted by Crippen LogP contribution is -2.45. The number of amides is 1. The Bertz CT molecular complexity index is 328. The lowest BCUT2D eigenvalue weighted by atomic mass is 10.3. The summed E-state index contributed by atoms with van der Waals surface area (Å²) in [5.41, 5.74) is 0. The van der Waals surface area contributed by atoms with Gasteiger partial charge in [-0.05, 0) is 31.8 Å². The summed E-state index contributed by atoms with van der Waals surface area (Å²) >= 11 is 1.85. The van der Waals surface area contributed by atoms with Gasteiger partial charge in [0.15, 0.2) is 5.96 Å². The number of hydrogen-bond donors (Lipinski definition) is 2. The second-order valence-corrected chi connectivity index (χ2v) is 5.92. The molecule has 21 heavy (non-hydrogen) atoms. The second-order valence-electron chi connectivity index (χ2n) is 4.93. The maximum absolute atomic E-state index is 11.7. The fraction of sp³-hybridized carbons (Fsp3) is 0.857. The summed E-state index contributed by atoms with van der Waals surface area (Å²) in [4.78, 5) is 18.2. The molecule has 1 rings (SSSR count). The van der Waals surface area contributed by atoms with E-state index in [9.17, 15) is 4.79 Å². The van der Waals surface area contributed by atoms with E-state index in [1.807, 2.05) is 23.6 Å². The average molecular weight is 428 g/mol. The number of thioether (sulfide) groups is 1. The van der Waals surface area contributed by atoms with Crippen LogP contribution in [0.25, 0.3) is 0 Å². The standard InChI is InChI=1S/C14H28N4OS.HI/c1-4-13(19)18-9-7-12(11-18)17-14(15-5-2)16-8-6-10-20-3;/h12H,4-11H2,1-3H3,(H2,15,16,17);1H. The molecule has 0 aliphatic carbocycles. The zero-order valence-electron chi connectivity index (χ0n) is 13.4. The number of nitrogens with zero attached hydrogens (tertiary/aromatic N) is 2. The van der Waals surface area contributed by atoms with Crippen molar-refractivity contribution in [2.24, 2.45) is 4.99 Å². The minimum Gasteiger partial charge on any atom is -0.357 e. The Morgan fingerprint density at radius 3 is 2.81 bits per heavy atom. The summed E-state index contributed by atoms with van der Waals surface area (Å²) in [6.45, 7) is 7.35. The topological polar surface area (TPSA) is 56.7 Å². The van der Waals surface area contributed by atoms with Crippen LogP contribution >= 0.6 is 35.7 Å². The van der Waals surface area contributed by atoms with E-state index in [1.165, 1.54) is 0 Å². The largest absolute Gasteiger partial charge is 0.357 e. The van der Waals surface area contributed by atoms with Crippen molar-refractivity contribution in [1.29, 1.82) is 0 Å². The molecular formula is C14H29IN4OS. The van der Waals surface area contributed by atoms with Crippen LogP contribution in [-0.4, -0.2) is 61.0 Å². The van der Waals surface area contributed by atoms with E-state index >= 15 is 0 Å². The van der Waals surface area contributed by atoms with Crippen LogP contribution in [0, 0.1) is 0 Å². The van der Waals surface area contributed by atoms with Gasteiger partial charge < -0.3 is 15.5 Å². The third-order valence-corrected chi connectivity index (χ3v) is 4.00. The summed E-state index contributed by atoms with van der Waals surface area (Å²) in [6, 6.07) is 0.323. The van der Waals surface area contributed by atoms with Crippen molar-refractivity contribution in [2.75, 3.05) is 38.2 Å². The normalized spacial score (nSPS) is 18.3. The number of nitrogens with one attached hydrogen (secondary N) is 2. The molecule has 7 heteroatoms. The Labute approximate surface area is 150 Å². The number of likely N-dealkylation sites (tertiary alicyclic amines) is 1. The highest BCUT2D eigenvalue weighted by Gasteiger charge is 2.25. The van der Waals surface area contributed by atoms with E-state index in [0.29, 0.717) is 12.5 Å². The van der Waals surface area contributed by atoms with Crippen LogP contribution < -0.4 is 10.6 Å². The molecule has 2 N–H and O–H groups in total. The van der Waals surface area contributed by atoms with Gasteiger partial charge in [0, 0.05) is 38.6 Å². The van der Waals surface area contributed by atoms with E-state index in [1.54, 1.807) is 0 Å². The van der Waals surface area contributed by atoms with E-state index in [-0.39, 0.29) is 29.9 Å². The molecule has 1 aliphatic heterocycles. The molecule has 1 fully saturated rings. The number of halogens is 1. The Hall–Kier alpha value is -0.180. The first kappa shape index (κ1) is 20.8. The molecule has 0 aromatic carbocycles. The van der Waals surface area contributed by atoms with Gasteiger partial charge in [-0.2, -0.15) is 11.8 Å². The molecule has 0 saturated carbocycles. The minimum absolute atomic E-state index is 0. The Balaban J connectivity index is 0.00000400. The first-order chi connectivity index (χ1) is 9.71. The molecule has 0 bridgehead atoms. The van der Waals surface area contributed by atoms with Crippen molar-refractivity contribution in [3.05, 3.63) is 0 Å². The van der Waals surface area contributed by atoms with Gasteiger partial charge in [-0.1, -0.05) is 6.92 Å². The molecule has 1 amide bonds. The van der Waals surface area contributed by atoms with Gasteiger partial charge in [0.2, 0.25) is 5.91 Å². The SMILES string of the molecule is CCNC(=NCCCSC)NC1CCN(C(=O)CC)C1.I. The summed E-state index contributed by atoms with van der Waals surface area (Å²) in [7, 11) is 0. The van der Waals surface area contributed by atoms with Crippen LogP contribution in [0.3, 0.4) is 0 Å². The lowest BCUT2D eigenvalue weighted by Gasteiger charge is -2.18. The van der Waals surface area contributed by atoms with Crippen LogP contribution in [0.15, 0.2) is 4.99 Å². The van der Waals surface area contributed by atoms with Crippen LogP contribution in [0.2, 0.25) is 0 Å². The van der Waals surface area contributed by atoms with Crippen molar-refractivity contribution >= 4 is 47.6 Å². The number of carbonyl (C=O) groups is 1. The highest BCUT2D eigenvalue weighted by molar-refractivity contribution is 14.0. The summed E-state index contributed by atoms with van der Waals surface area (Å²) in [6.07, 6.45) is 4.81. The van der Waals surface area contributed by atoms with Gasteiger partial charge in [0.25, 0.3) is 0 Å². The number of guanidine groups is 1. The van der Waals surface area contributed by atoms with E-state index in [2.05, 4.69) is 28.8 Å². The number of carbonyl (C=O) groups excluding carboxylic acids is 1. The number of rotatable bonds is 7. The van der Waals surface area contributed by atoms with Gasteiger partial charge in [-0.15, -0.1) is 24.0 Å². The number of hydrogen-bond acceptors (Lipinski definition) is 3. The quantitative estimate of drug-likeness (QED) is 0.282. The van der Waals surface area contributed by atoms with Gasteiger partial charge in [-0.25, -0.2) is 0 Å². The van der Waals surface area contributed by atoms with E-state index < -0.39 is 0 Å². The first-order valence-electron chi connectivity index (χ1n) is 7.52. The minimum atomic E-state index is 0. The van der Waals surface area contributed by atoms with Crippen LogP contribution in [0.4, 0.5) is 0 Å². The molecule has 124 valence electrons. The maximum atomic E-state index is 11.7. The molecule has 1 saturated heterocycles. The first-order valence-corrected chi connectivity index (χ1v) is 8.92. The van der Waals surface area contributed by atoms with Gasteiger partial charge in [0.05, 0.1) is 0 Å². The van der Waals surface area contributed by atoms with Crippen molar-refractivity contribution in [3.63, 3.8) is 0 Å². The monoisotopic (exact) mass is 428 g/mol.